The van der Waals surface area contributed by atoms with Gasteiger partial charge in [0.1, 0.15) is 0 Å². The number of aromatic amines is 2. The van der Waals surface area contributed by atoms with Crippen molar-refractivity contribution in [3.63, 3.8) is 0 Å². The number of nitrogens with one attached hydrogen (secondary N) is 2. The zero-order valence-corrected chi connectivity index (χ0v) is 8.63. The fraction of sp³-hybridized carbons (Fsp3) is 0.273. The van der Waals surface area contributed by atoms with E-state index in [1.807, 2.05) is 12.1 Å². The second-order valence-electron chi connectivity index (χ2n) is 3.87. The Labute approximate surface area is 86.0 Å². The van der Waals surface area contributed by atoms with Gasteiger partial charge in [-0.2, -0.15) is 0 Å². The smallest absolute Gasteiger partial charge is 0.307 e. The van der Waals surface area contributed by atoms with E-state index < -0.39 is 5.69 Å². The molecule has 0 amide bonds. The molecule has 1 aromatic carbocycles. The van der Waals surface area contributed by atoms with Crippen LogP contribution in [-0.2, 0) is 0 Å². The monoisotopic (exact) mass is 204 g/mol. The van der Waals surface area contributed by atoms with Crippen molar-refractivity contribution in [1.29, 1.82) is 0 Å². The fourth-order valence-corrected chi connectivity index (χ4v) is 1.54. The molecule has 0 unspecified atom stereocenters. The zero-order chi connectivity index (χ0) is 11.0. The quantitative estimate of drug-likeness (QED) is 0.736. The van der Waals surface area contributed by atoms with E-state index in [0.29, 0.717) is 16.8 Å². The molecular formula is C11H12N2O2. The molecule has 0 bridgehead atoms. The van der Waals surface area contributed by atoms with Gasteiger partial charge in [0.05, 0.1) is 10.9 Å². The average Bonchev–Trinajstić information content (AvgIpc) is 2.16. The number of benzene rings is 1. The first-order valence-corrected chi connectivity index (χ1v) is 4.84. The lowest BCUT2D eigenvalue weighted by Crippen LogP contribution is -2.21. The molecule has 4 heteroatoms. The summed E-state index contributed by atoms with van der Waals surface area (Å²) in [6.45, 7) is 4.11. The highest BCUT2D eigenvalue weighted by Gasteiger charge is 2.04. The molecule has 78 valence electrons. The van der Waals surface area contributed by atoms with E-state index in [1.165, 1.54) is 0 Å². The van der Waals surface area contributed by atoms with Crippen molar-refractivity contribution in [2.75, 3.05) is 0 Å². The molecule has 2 rings (SSSR count). The lowest BCUT2D eigenvalue weighted by molar-refractivity contribution is 0.868. The highest BCUT2D eigenvalue weighted by Crippen LogP contribution is 2.16. The lowest BCUT2D eigenvalue weighted by atomic mass is 10.0. The van der Waals surface area contributed by atoms with Crippen LogP contribution in [0.25, 0.3) is 10.9 Å². The van der Waals surface area contributed by atoms with Crippen LogP contribution in [0.4, 0.5) is 0 Å². The summed E-state index contributed by atoms with van der Waals surface area (Å²) in [7, 11) is 0. The first kappa shape index (κ1) is 9.71. The van der Waals surface area contributed by atoms with Crippen LogP contribution in [0.1, 0.15) is 25.3 Å². The Morgan fingerprint density at radius 1 is 1.13 bits per heavy atom. The minimum atomic E-state index is -0.468. The van der Waals surface area contributed by atoms with Crippen molar-refractivity contribution in [2.24, 2.45) is 0 Å². The van der Waals surface area contributed by atoms with Gasteiger partial charge in [-0.25, -0.2) is 4.79 Å². The van der Waals surface area contributed by atoms with Crippen LogP contribution < -0.4 is 11.2 Å². The maximum atomic E-state index is 11.5. The second kappa shape index (κ2) is 3.38. The van der Waals surface area contributed by atoms with Gasteiger partial charge in [0.25, 0.3) is 5.56 Å². The van der Waals surface area contributed by atoms with Crippen molar-refractivity contribution in [1.82, 2.24) is 9.97 Å². The van der Waals surface area contributed by atoms with E-state index in [2.05, 4.69) is 23.8 Å². The van der Waals surface area contributed by atoms with Gasteiger partial charge in [0.15, 0.2) is 0 Å². The van der Waals surface area contributed by atoms with E-state index in [1.54, 1.807) is 6.07 Å². The summed E-state index contributed by atoms with van der Waals surface area (Å²) < 4.78 is 0. The zero-order valence-electron chi connectivity index (χ0n) is 8.63. The van der Waals surface area contributed by atoms with Gasteiger partial charge in [-0.1, -0.05) is 19.9 Å². The Hall–Kier alpha value is -1.84. The number of rotatable bonds is 1. The van der Waals surface area contributed by atoms with E-state index in [-0.39, 0.29) is 5.56 Å². The second-order valence-corrected chi connectivity index (χ2v) is 3.87. The number of hydrogen-bond donors (Lipinski definition) is 2. The van der Waals surface area contributed by atoms with Crippen LogP contribution in [0.15, 0.2) is 27.8 Å². The summed E-state index contributed by atoms with van der Waals surface area (Å²) in [6, 6.07) is 5.50. The average molecular weight is 204 g/mol. The molecule has 2 N–H and O–H groups in total. The molecule has 15 heavy (non-hydrogen) atoms. The molecule has 0 aliphatic rings. The molecule has 4 nitrogen and oxygen atoms in total. The summed E-state index contributed by atoms with van der Waals surface area (Å²) in [5.74, 6) is 0.362. The van der Waals surface area contributed by atoms with Gasteiger partial charge >= 0.3 is 5.69 Å². The van der Waals surface area contributed by atoms with Gasteiger partial charge in [-0.15, -0.1) is 0 Å². The Kier molecular flexibility index (Phi) is 2.19. The van der Waals surface area contributed by atoms with E-state index in [9.17, 15) is 9.59 Å². The summed E-state index contributed by atoms with van der Waals surface area (Å²) in [4.78, 5) is 27.3. The van der Waals surface area contributed by atoms with Crippen molar-refractivity contribution < 1.29 is 0 Å². The Bertz CT molecular complexity index is 608. The molecule has 0 radical (unpaired) electrons. The predicted molar refractivity (Wildman–Crippen MR) is 59.3 cm³/mol. The standard InChI is InChI=1S/C11H12N2O2/c1-6(2)7-3-4-9-8(5-7)10(14)13-11(15)12-9/h3-6H,1-2H3,(H2,12,13,14,15). The summed E-state index contributed by atoms with van der Waals surface area (Å²) in [5.41, 5.74) is 0.856. The van der Waals surface area contributed by atoms with Gasteiger partial charge in [0.2, 0.25) is 0 Å². The van der Waals surface area contributed by atoms with Gasteiger partial charge in [0, 0.05) is 0 Å². The maximum Gasteiger partial charge on any atom is 0.326 e. The number of hydrogen-bond acceptors (Lipinski definition) is 2. The number of aromatic nitrogens is 2. The molecule has 0 fully saturated rings. The van der Waals surface area contributed by atoms with Gasteiger partial charge in [-0.3, -0.25) is 9.78 Å². The molecule has 0 aliphatic heterocycles. The van der Waals surface area contributed by atoms with Crippen LogP contribution in [0.5, 0.6) is 0 Å². The minimum absolute atomic E-state index is 0.337. The normalized spacial score (nSPS) is 11.1. The Morgan fingerprint density at radius 3 is 2.53 bits per heavy atom. The van der Waals surface area contributed by atoms with Crippen LogP contribution in [-0.4, -0.2) is 9.97 Å². The molecule has 0 spiro atoms. The molecule has 0 aliphatic carbocycles. The molecule has 0 saturated carbocycles. The topological polar surface area (TPSA) is 65.7 Å². The van der Waals surface area contributed by atoms with E-state index >= 15 is 0 Å². The fourth-order valence-electron chi connectivity index (χ4n) is 1.54. The molecular weight excluding hydrogens is 192 g/mol. The first-order valence-electron chi connectivity index (χ1n) is 4.84. The Balaban J connectivity index is 2.83. The van der Waals surface area contributed by atoms with Gasteiger partial charge in [-0.05, 0) is 23.6 Å². The predicted octanol–water partition coefficient (Wildman–Crippen LogP) is 1.34. The molecule has 1 heterocycles. The molecule has 1 aromatic heterocycles. The largest absolute Gasteiger partial charge is 0.326 e. The highest BCUT2D eigenvalue weighted by molar-refractivity contribution is 5.77. The number of fused-ring (bicyclic) bond motifs is 1. The third-order valence-corrected chi connectivity index (χ3v) is 2.43. The van der Waals surface area contributed by atoms with E-state index in [0.717, 1.165) is 5.56 Å². The minimum Gasteiger partial charge on any atom is -0.307 e. The summed E-state index contributed by atoms with van der Waals surface area (Å²) in [5, 5.41) is 0.529. The van der Waals surface area contributed by atoms with Crippen LogP contribution >= 0.6 is 0 Å². The van der Waals surface area contributed by atoms with Crippen LogP contribution in [0, 0.1) is 0 Å². The molecule has 0 atom stereocenters. The summed E-state index contributed by atoms with van der Waals surface area (Å²) >= 11 is 0. The van der Waals surface area contributed by atoms with E-state index in [4.69, 9.17) is 0 Å². The number of H-pyrrole nitrogens is 2. The maximum absolute atomic E-state index is 11.5. The third kappa shape index (κ3) is 1.70. The molecule has 2 aromatic rings. The molecule has 0 saturated heterocycles. The van der Waals surface area contributed by atoms with Crippen LogP contribution in [0.3, 0.4) is 0 Å². The van der Waals surface area contributed by atoms with Gasteiger partial charge < -0.3 is 4.98 Å². The van der Waals surface area contributed by atoms with Crippen molar-refractivity contribution in [3.8, 4) is 0 Å². The third-order valence-electron chi connectivity index (χ3n) is 2.43. The summed E-state index contributed by atoms with van der Waals surface area (Å²) in [6.07, 6.45) is 0. The SMILES string of the molecule is CC(C)c1ccc2[nH]c(=O)[nH]c(=O)c2c1. The van der Waals surface area contributed by atoms with Crippen molar-refractivity contribution in [3.05, 3.63) is 44.6 Å². The lowest BCUT2D eigenvalue weighted by Gasteiger charge is -2.05. The Morgan fingerprint density at radius 2 is 1.87 bits per heavy atom. The van der Waals surface area contributed by atoms with Crippen molar-refractivity contribution >= 4 is 10.9 Å². The van der Waals surface area contributed by atoms with Crippen LogP contribution in [0.2, 0.25) is 0 Å². The first-order chi connectivity index (χ1) is 7.08. The van der Waals surface area contributed by atoms with Crippen molar-refractivity contribution in [2.45, 2.75) is 19.8 Å². The highest BCUT2D eigenvalue weighted by atomic mass is 16.2.